The highest BCUT2D eigenvalue weighted by molar-refractivity contribution is 5.79. The van der Waals surface area contributed by atoms with Crippen LogP contribution in [0.25, 0.3) is 0 Å². The second-order valence-electron chi connectivity index (χ2n) is 2.25. The minimum absolute atomic E-state index is 0.406. The molecule has 1 unspecified atom stereocenters. The summed E-state index contributed by atoms with van der Waals surface area (Å²) in [7, 11) is 0. The monoisotopic (exact) mass is 172 g/mol. The molecule has 0 radical (unpaired) electrons. The summed E-state index contributed by atoms with van der Waals surface area (Å²) >= 11 is 0. The number of carbonyl (C=O) groups excluding carboxylic acids is 1. The Morgan fingerprint density at radius 3 is 2.50 bits per heavy atom. The van der Waals surface area contributed by atoms with Crippen molar-refractivity contribution < 1.29 is 19.4 Å². The molecule has 0 saturated carbocycles. The van der Waals surface area contributed by atoms with Crippen LogP contribution in [0.1, 0.15) is 20.3 Å². The normalized spacial score (nSPS) is 12.8. The maximum atomic E-state index is 10.5. The van der Waals surface area contributed by atoms with Crippen molar-refractivity contribution in [1.29, 1.82) is 0 Å². The van der Waals surface area contributed by atoms with Crippen molar-refractivity contribution in [3.63, 3.8) is 0 Å². The van der Waals surface area contributed by atoms with Crippen molar-refractivity contribution in [3.05, 3.63) is 12.2 Å². The number of carboxylic acid groups (broad SMARTS) is 1. The third-order valence-electron chi connectivity index (χ3n) is 1.17. The van der Waals surface area contributed by atoms with Gasteiger partial charge in [0.2, 0.25) is 0 Å². The lowest BCUT2D eigenvalue weighted by molar-refractivity contribution is -0.144. The van der Waals surface area contributed by atoms with E-state index in [4.69, 9.17) is 9.84 Å². The molecule has 68 valence electrons. The minimum Gasteiger partial charge on any atom is -0.478 e. The molecule has 0 aliphatic rings. The van der Waals surface area contributed by atoms with Gasteiger partial charge in [0.25, 0.3) is 0 Å². The predicted octanol–water partition coefficient (Wildman–Crippen LogP) is 0.969. The molecule has 0 saturated heterocycles. The Bertz CT molecular complexity index is 195. The fourth-order valence-corrected chi connectivity index (χ4v) is 0.662. The van der Waals surface area contributed by atoms with Gasteiger partial charge in [0.15, 0.2) is 0 Å². The summed E-state index contributed by atoms with van der Waals surface area (Å²) in [6, 6.07) is 0. The molecule has 0 heterocycles. The fraction of sp³-hybridized carbons (Fsp3) is 0.500. The summed E-state index contributed by atoms with van der Waals surface area (Å²) in [5, 5.41) is 8.26. The van der Waals surface area contributed by atoms with Crippen LogP contribution in [0.3, 0.4) is 0 Å². The van der Waals surface area contributed by atoms with E-state index in [2.05, 4.69) is 0 Å². The van der Waals surface area contributed by atoms with E-state index < -0.39 is 18.0 Å². The summed E-state index contributed by atoms with van der Waals surface area (Å²) in [6.07, 6.45) is 2.46. The van der Waals surface area contributed by atoms with Gasteiger partial charge < -0.3 is 9.84 Å². The Morgan fingerprint density at radius 2 is 2.17 bits per heavy atom. The maximum absolute atomic E-state index is 10.5. The molecule has 0 bridgehead atoms. The van der Waals surface area contributed by atoms with Crippen molar-refractivity contribution >= 4 is 11.9 Å². The zero-order valence-electron chi connectivity index (χ0n) is 7.11. The van der Waals surface area contributed by atoms with Crippen LogP contribution in [0.4, 0.5) is 0 Å². The minimum atomic E-state index is -1.04. The summed E-state index contributed by atoms with van der Waals surface area (Å²) in [4.78, 5) is 20.5. The van der Waals surface area contributed by atoms with Crippen molar-refractivity contribution in [1.82, 2.24) is 0 Å². The number of esters is 1. The van der Waals surface area contributed by atoms with Gasteiger partial charge in [-0.25, -0.2) is 4.79 Å². The molecule has 0 aromatic heterocycles. The molecule has 1 atom stereocenters. The number of ether oxygens (including phenoxy) is 1. The van der Waals surface area contributed by atoms with Crippen LogP contribution in [-0.2, 0) is 14.3 Å². The van der Waals surface area contributed by atoms with Crippen LogP contribution in [-0.4, -0.2) is 23.1 Å². The molecule has 0 aliphatic heterocycles. The van der Waals surface area contributed by atoms with E-state index in [-0.39, 0.29) is 0 Å². The third-order valence-corrected chi connectivity index (χ3v) is 1.17. The first kappa shape index (κ1) is 10.7. The molecule has 4 heteroatoms. The van der Waals surface area contributed by atoms with E-state index in [0.29, 0.717) is 6.42 Å². The number of carbonyl (C=O) groups is 2. The molecule has 0 aromatic rings. The average molecular weight is 172 g/mol. The van der Waals surface area contributed by atoms with Gasteiger partial charge >= 0.3 is 11.9 Å². The molecule has 0 fully saturated rings. The summed E-state index contributed by atoms with van der Waals surface area (Å²) < 4.78 is 4.76. The molecule has 4 nitrogen and oxygen atoms in total. The number of hydrogen-bond acceptors (Lipinski definition) is 3. The van der Waals surface area contributed by atoms with Gasteiger partial charge in [-0.1, -0.05) is 6.92 Å². The number of rotatable bonds is 4. The first-order valence-corrected chi connectivity index (χ1v) is 3.64. The Morgan fingerprint density at radius 1 is 1.58 bits per heavy atom. The number of aliphatic carboxylic acids is 1. The summed E-state index contributed by atoms with van der Waals surface area (Å²) in [6.45, 7) is 3.09. The van der Waals surface area contributed by atoms with Crippen LogP contribution >= 0.6 is 0 Å². The Hall–Kier alpha value is -1.32. The van der Waals surface area contributed by atoms with Crippen LogP contribution in [0, 0.1) is 0 Å². The van der Waals surface area contributed by atoms with E-state index in [1.54, 1.807) is 6.92 Å². The Kier molecular flexibility index (Phi) is 4.76. The molecule has 0 rings (SSSR count). The van der Waals surface area contributed by atoms with E-state index in [9.17, 15) is 9.59 Å². The molecule has 1 N–H and O–H groups in total. The molecule has 0 spiro atoms. The van der Waals surface area contributed by atoms with Gasteiger partial charge in [0.1, 0.15) is 6.10 Å². The van der Waals surface area contributed by atoms with E-state index in [1.807, 2.05) is 0 Å². The summed E-state index contributed by atoms with van der Waals surface area (Å²) in [5.41, 5.74) is 0. The van der Waals surface area contributed by atoms with Gasteiger partial charge in [-0.15, -0.1) is 0 Å². The Balaban J connectivity index is 3.99. The fourth-order valence-electron chi connectivity index (χ4n) is 0.662. The Labute approximate surface area is 70.8 Å². The number of carboxylic acids is 1. The highest BCUT2D eigenvalue weighted by Gasteiger charge is 2.04. The van der Waals surface area contributed by atoms with E-state index in [1.165, 1.54) is 13.0 Å². The highest BCUT2D eigenvalue weighted by Crippen LogP contribution is 1.99. The van der Waals surface area contributed by atoms with Crippen LogP contribution < -0.4 is 0 Å². The van der Waals surface area contributed by atoms with Crippen molar-refractivity contribution in [3.8, 4) is 0 Å². The molecule has 0 aromatic carbocycles. The van der Waals surface area contributed by atoms with Crippen LogP contribution in [0.5, 0.6) is 0 Å². The van der Waals surface area contributed by atoms with E-state index in [0.717, 1.165) is 6.08 Å². The zero-order valence-corrected chi connectivity index (χ0v) is 7.11. The lowest BCUT2D eigenvalue weighted by Crippen LogP contribution is -2.12. The van der Waals surface area contributed by atoms with Gasteiger partial charge in [-0.3, -0.25) is 4.79 Å². The molecule has 0 amide bonds. The lowest BCUT2D eigenvalue weighted by Gasteiger charge is -2.08. The predicted molar refractivity (Wildman–Crippen MR) is 42.6 cm³/mol. The van der Waals surface area contributed by atoms with Crippen LogP contribution in [0.15, 0.2) is 12.2 Å². The van der Waals surface area contributed by atoms with Crippen molar-refractivity contribution in [2.75, 3.05) is 0 Å². The topological polar surface area (TPSA) is 63.6 Å². The molecular weight excluding hydrogens is 160 g/mol. The highest BCUT2D eigenvalue weighted by atomic mass is 16.5. The summed E-state index contributed by atoms with van der Waals surface area (Å²) in [5.74, 6) is -1.45. The zero-order chi connectivity index (χ0) is 9.56. The van der Waals surface area contributed by atoms with Crippen LogP contribution in [0.2, 0.25) is 0 Å². The standard InChI is InChI=1S/C8H12O4/c1-3-7(12-6(2)9)4-5-8(10)11/h4-5,7H,3H2,1-2H3,(H,10,11). The van der Waals surface area contributed by atoms with Gasteiger partial charge in [-0.2, -0.15) is 0 Å². The van der Waals surface area contributed by atoms with Crippen molar-refractivity contribution in [2.24, 2.45) is 0 Å². The maximum Gasteiger partial charge on any atom is 0.328 e. The van der Waals surface area contributed by atoms with Gasteiger partial charge in [-0.05, 0) is 12.5 Å². The SMILES string of the molecule is CCC(C=CC(=O)O)OC(C)=O. The van der Waals surface area contributed by atoms with Crippen molar-refractivity contribution in [2.45, 2.75) is 26.4 Å². The molecule has 12 heavy (non-hydrogen) atoms. The first-order chi connectivity index (χ1) is 5.56. The molecular formula is C8H12O4. The second-order valence-corrected chi connectivity index (χ2v) is 2.25. The lowest BCUT2D eigenvalue weighted by atomic mass is 10.2. The van der Waals surface area contributed by atoms with E-state index >= 15 is 0 Å². The second kappa shape index (κ2) is 5.35. The van der Waals surface area contributed by atoms with Gasteiger partial charge in [0, 0.05) is 13.0 Å². The average Bonchev–Trinajstić information content (AvgIpc) is 1.97. The molecule has 0 aliphatic carbocycles. The number of hydrogen-bond donors (Lipinski definition) is 1. The third kappa shape index (κ3) is 5.46. The quantitative estimate of drug-likeness (QED) is 0.507. The largest absolute Gasteiger partial charge is 0.478 e. The first-order valence-electron chi connectivity index (χ1n) is 3.64. The van der Waals surface area contributed by atoms with Gasteiger partial charge in [0.05, 0.1) is 0 Å². The smallest absolute Gasteiger partial charge is 0.328 e.